The van der Waals surface area contributed by atoms with Crippen LogP contribution in [0, 0.1) is 17.1 Å². The molecule has 2 rings (SSSR count). The lowest BCUT2D eigenvalue weighted by Gasteiger charge is -2.12. The molecule has 1 saturated heterocycles. The minimum absolute atomic E-state index is 0.123. The third kappa shape index (κ3) is 1.61. The topological polar surface area (TPSA) is 90.3 Å². The van der Waals surface area contributed by atoms with Crippen LogP contribution in [-0.2, 0) is 9.59 Å². The van der Waals surface area contributed by atoms with Crippen molar-refractivity contribution in [2.24, 2.45) is 0 Å². The zero-order valence-corrected chi connectivity index (χ0v) is 8.23. The number of nitrogens with zero attached hydrogens (tertiary/aromatic N) is 2. The summed E-state index contributed by atoms with van der Waals surface area (Å²) in [5, 5.41) is 10.5. The molecule has 6 nitrogen and oxygen atoms in total. The molecule has 1 aliphatic heterocycles. The Morgan fingerprint density at radius 3 is 2.53 bits per heavy atom. The van der Waals surface area contributed by atoms with Gasteiger partial charge in [0.1, 0.15) is 11.9 Å². The molecule has 17 heavy (non-hydrogen) atoms. The summed E-state index contributed by atoms with van der Waals surface area (Å²) in [5.74, 6) is -2.86. The molecule has 4 amide bonds. The van der Waals surface area contributed by atoms with E-state index in [-0.39, 0.29) is 11.3 Å². The highest BCUT2D eigenvalue weighted by Gasteiger charge is 2.39. The van der Waals surface area contributed by atoms with Crippen molar-refractivity contribution in [2.75, 3.05) is 4.90 Å². The second-order valence-electron chi connectivity index (χ2n) is 3.17. The highest BCUT2D eigenvalue weighted by Crippen LogP contribution is 2.23. The van der Waals surface area contributed by atoms with Gasteiger partial charge in [-0.05, 0) is 18.2 Å². The number of carbonyl (C=O) groups excluding carboxylic acids is 3. The van der Waals surface area contributed by atoms with Gasteiger partial charge in [-0.1, -0.05) is 0 Å². The summed E-state index contributed by atoms with van der Waals surface area (Å²) in [6.07, 6.45) is 0. The minimum Gasteiger partial charge on any atom is -0.269 e. The average Bonchev–Trinajstić information content (AvgIpc) is 2.54. The molecule has 1 aromatic carbocycles. The molecule has 1 aliphatic rings. The fraction of sp³-hybridized carbons (Fsp3) is 0. The van der Waals surface area contributed by atoms with E-state index >= 15 is 0 Å². The van der Waals surface area contributed by atoms with Gasteiger partial charge in [-0.2, -0.15) is 5.26 Å². The first kappa shape index (κ1) is 10.8. The number of halogens is 1. The number of hydrogen-bond donors (Lipinski definition) is 1. The fourth-order valence-electron chi connectivity index (χ4n) is 1.41. The predicted molar refractivity (Wildman–Crippen MR) is 52.1 cm³/mol. The number of benzene rings is 1. The molecule has 0 bridgehead atoms. The quantitative estimate of drug-likeness (QED) is 0.557. The van der Waals surface area contributed by atoms with Crippen molar-refractivity contribution >= 4 is 23.5 Å². The molecule has 0 atom stereocenters. The second-order valence-corrected chi connectivity index (χ2v) is 3.17. The van der Waals surface area contributed by atoms with Gasteiger partial charge in [0.05, 0.1) is 11.3 Å². The van der Waals surface area contributed by atoms with Crippen LogP contribution in [0.15, 0.2) is 18.2 Å². The van der Waals surface area contributed by atoms with E-state index in [2.05, 4.69) is 0 Å². The molecule has 0 spiro atoms. The van der Waals surface area contributed by atoms with Crippen molar-refractivity contribution in [1.29, 1.82) is 5.26 Å². The molecule has 1 heterocycles. The SMILES string of the molecule is N#Cc1cc(F)ccc1N1C(=O)NC(=O)C1=O. The number of carbonyl (C=O) groups is 3. The molecule has 84 valence electrons. The van der Waals surface area contributed by atoms with Crippen LogP contribution in [-0.4, -0.2) is 17.8 Å². The van der Waals surface area contributed by atoms with Crippen molar-refractivity contribution < 1.29 is 18.8 Å². The standard InChI is InChI=1S/C10H4FN3O3/c11-6-1-2-7(5(3-6)4-12)14-9(16)8(15)13-10(14)17/h1-3H,(H,13,15,17). The molecule has 0 unspecified atom stereocenters. The Balaban J connectivity index is 2.55. The molecule has 0 aromatic heterocycles. The van der Waals surface area contributed by atoms with Crippen LogP contribution in [0.5, 0.6) is 0 Å². The number of urea groups is 1. The van der Waals surface area contributed by atoms with Crippen molar-refractivity contribution in [3.63, 3.8) is 0 Å². The summed E-state index contributed by atoms with van der Waals surface area (Å²) < 4.78 is 12.9. The van der Waals surface area contributed by atoms with E-state index in [0.29, 0.717) is 4.90 Å². The molecule has 0 radical (unpaired) electrons. The maximum absolute atomic E-state index is 12.9. The Kier molecular flexibility index (Phi) is 2.33. The summed E-state index contributed by atoms with van der Waals surface area (Å²) in [6.45, 7) is 0. The van der Waals surface area contributed by atoms with Gasteiger partial charge in [0.25, 0.3) is 0 Å². The highest BCUT2D eigenvalue weighted by atomic mass is 19.1. The van der Waals surface area contributed by atoms with E-state index in [0.717, 1.165) is 18.2 Å². The van der Waals surface area contributed by atoms with Gasteiger partial charge in [-0.3, -0.25) is 14.9 Å². The van der Waals surface area contributed by atoms with Crippen LogP contribution in [0.4, 0.5) is 14.9 Å². The number of amides is 4. The molecule has 7 heteroatoms. The summed E-state index contributed by atoms with van der Waals surface area (Å²) in [7, 11) is 0. The molecular formula is C10H4FN3O3. The van der Waals surface area contributed by atoms with E-state index in [1.54, 1.807) is 11.4 Å². The second kappa shape index (κ2) is 3.68. The Morgan fingerprint density at radius 2 is 2.00 bits per heavy atom. The fourth-order valence-corrected chi connectivity index (χ4v) is 1.41. The van der Waals surface area contributed by atoms with Crippen molar-refractivity contribution in [3.8, 4) is 6.07 Å². The van der Waals surface area contributed by atoms with E-state index < -0.39 is 23.7 Å². The smallest absolute Gasteiger partial charge is 0.269 e. The lowest BCUT2D eigenvalue weighted by atomic mass is 10.1. The summed E-state index contributed by atoms with van der Waals surface area (Å²) in [5.41, 5.74) is -0.328. The maximum Gasteiger partial charge on any atom is 0.336 e. The number of nitrogens with one attached hydrogen (secondary N) is 1. The first-order valence-corrected chi connectivity index (χ1v) is 4.43. The van der Waals surface area contributed by atoms with Crippen LogP contribution in [0.2, 0.25) is 0 Å². The van der Waals surface area contributed by atoms with E-state index in [1.165, 1.54) is 0 Å². The Hall–Kier alpha value is -2.75. The predicted octanol–water partition coefficient (Wildman–Crippen LogP) is 0.280. The first-order chi connectivity index (χ1) is 8.04. The van der Waals surface area contributed by atoms with Crippen LogP contribution in [0.1, 0.15) is 5.56 Å². The first-order valence-electron chi connectivity index (χ1n) is 4.43. The summed E-state index contributed by atoms with van der Waals surface area (Å²) >= 11 is 0. The Morgan fingerprint density at radius 1 is 1.29 bits per heavy atom. The molecule has 0 aliphatic carbocycles. The van der Waals surface area contributed by atoms with Gasteiger partial charge in [0.2, 0.25) is 0 Å². The third-order valence-electron chi connectivity index (χ3n) is 2.14. The maximum atomic E-state index is 12.9. The van der Waals surface area contributed by atoms with Crippen molar-refractivity contribution in [2.45, 2.75) is 0 Å². The Bertz CT molecular complexity index is 591. The number of imide groups is 2. The zero-order valence-electron chi connectivity index (χ0n) is 8.23. The number of nitriles is 1. The van der Waals surface area contributed by atoms with Gasteiger partial charge in [0, 0.05) is 0 Å². The monoisotopic (exact) mass is 233 g/mol. The van der Waals surface area contributed by atoms with Crippen molar-refractivity contribution in [3.05, 3.63) is 29.6 Å². The molecular weight excluding hydrogens is 229 g/mol. The van der Waals surface area contributed by atoms with Gasteiger partial charge in [-0.15, -0.1) is 0 Å². The van der Waals surface area contributed by atoms with E-state index in [1.807, 2.05) is 0 Å². The van der Waals surface area contributed by atoms with Gasteiger partial charge in [0.15, 0.2) is 0 Å². The molecule has 1 aromatic rings. The van der Waals surface area contributed by atoms with E-state index in [4.69, 9.17) is 5.26 Å². The Labute approximate surface area is 94.2 Å². The van der Waals surface area contributed by atoms with Crippen molar-refractivity contribution in [1.82, 2.24) is 5.32 Å². The average molecular weight is 233 g/mol. The third-order valence-corrected chi connectivity index (χ3v) is 2.14. The zero-order chi connectivity index (χ0) is 12.6. The largest absolute Gasteiger partial charge is 0.336 e. The summed E-state index contributed by atoms with van der Waals surface area (Å²) in [4.78, 5) is 34.1. The van der Waals surface area contributed by atoms with Crippen LogP contribution in [0.25, 0.3) is 0 Å². The minimum atomic E-state index is -1.10. The summed E-state index contributed by atoms with van der Waals surface area (Å²) in [6, 6.07) is 3.64. The van der Waals surface area contributed by atoms with Gasteiger partial charge >= 0.3 is 17.8 Å². The molecule has 0 saturated carbocycles. The molecule has 1 fully saturated rings. The van der Waals surface area contributed by atoms with Gasteiger partial charge in [-0.25, -0.2) is 14.1 Å². The van der Waals surface area contributed by atoms with Crippen LogP contribution in [0.3, 0.4) is 0 Å². The lowest BCUT2D eigenvalue weighted by molar-refractivity contribution is -0.134. The normalized spacial score (nSPS) is 14.8. The number of anilines is 1. The lowest BCUT2D eigenvalue weighted by Crippen LogP contribution is -2.31. The molecule has 1 N–H and O–H groups in total. The van der Waals surface area contributed by atoms with Crippen LogP contribution < -0.4 is 10.2 Å². The number of hydrogen-bond acceptors (Lipinski definition) is 4. The highest BCUT2D eigenvalue weighted by molar-refractivity contribution is 6.53. The van der Waals surface area contributed by atoms with Gasteiger partial charge < -0.3 is 0 Å². The van der Waals surface area contributed by atoms with E-state index in [9.17, 15) is 18.8 Å². The number of rotatable bonds is 1. The van der Waals surface area contributed by atoms with Crippen LogP contribution >= 0.6 is 0 Å².